The molecule has 0 saturated heterocycles. The van der Waals surface area contributed by atoms with Crippen LogP contribution in [0.2, 0.25) is 0 Å². The Balaban J connectivity index is 2.31. The maximum absolute atomic E-state index is 13.1. The molecule has 0 unspecified atom stereocenters. The van der Waals surface area contributed by atoms with E-state index in [0.29, 0.717) is 18.8 Å². The molecule has 1 aromatic heterocycles. The second-order valence-corrected chi connectivity index (χ2v) is 7.62. The molecule has 2 rings (SSSR count). The van der Waals surface area contributed by atoms with Crippen LogP contribution in [0.25, 0.3) is 0 Å². The highest BCUT2D eigenvalue weighted by Crippen LogP contribution is 2.35. The highest BCUT2D eigenvalue weighted by molar-refractivity contribution is 7.14. The van der Waals surface area contributed by atoms with Gasteiger partial charge in [-0.2, -0.15) is 0 Å². The summed E-state index contributed by atoms with van der Waals surface area (Å²) in [5, 5.41) is 0. The Bertz CT molecular complexity index is 595. The molecule has 24 heavy (non-hydrogen) atoms. The van der Waals surface area contributed by atoms with E-state index in [0.717, 1.165) is 34.0 Å². The van der Waals surface area contributed by atoms with Crippen molar-refractivity contribution in [3.05, 3.63) is 15.8 Å². The predicted molar refractivity (Wildman–Crippen MR) is 89.9 cm³/mol. The number of hydrogen-bond acceptors (Lipinski definition) is 4. The highest BCUT2D eigenvalue weighted by Gasteiger charge is 2.33. The number of rotatable bonds is 5. The fraction of sp³-hybridized carbons (Fsp3) is 0.647. The van der Waals surface area contributed by atoms with Crippen molar-refractivity contribution in [3.8, 4) is 0 Å². The first-order chi connectivity index (χ1) is 11.3. The van der Waals surface area contributed by atoms with E-state index in [1.807, 2.05) is 0 Å². The Morgan fingerprint density at radius 2 is 1.96 bits per heavy atom. The zero-order valence-corrected chi connectivity index (χ0v) is 15.0. The van der Waals surface area contributed by atoms with Gasteiger partial charge in [0.2, 0.25) is 5.91 Å². The fourth-order valence-electron chi connectivity index (χ4n) is 3.11. The van der Waals surface area contributed by atoms with Crippen LogP contribution in [0, 0.1) is 18.8 Å². The molecule has 0 bridgehead atoms. The van der Waals surface area contributed by atoms with Gasteiger partial charge in [-0.1, -0.05) is 6.92 Å². The van der Waals surface area contributed by atoms with E-state index in [1.54, 1.807) is 13.0 Å². The van der Waals surface area contributed by atoms with Crippen LogP contribution in [0.15, 0.2) is 6.07 Å². The molecular weight excluding hydrogens is 336 g/mol. The van der Waals surface area contributed by atoms with Gasteiger partial charge in [0, 0.05) is 10.8 Å². The van der Waals surface area contributed by atoms with Crippen molar-refractivity contribution < 1.29 is 23.1 Å². The van der Waals surface area contributed by atoms with Crippen LogP contribution in [-0.2, 0) is 9.53 Å². The lowest BCUT2D eigenvalue weighted by Crippen LogP contribution is -2.41. The van der Waals surface area contributed by atoms with Crippen molar-refractivity contribution >= 4 is 28.9 Å². The number of halogens is 2. The zero-order valence-electron chi connectivity index (χ0n) is 14.2. The van der Waals surface area contributed by atoms with Crippen molar-refractivity contribution in [1.82, 2.24) is 0 Å². The molecule has 1 amide bonds. The fourth-order valence-corrected chi connectivity index (χ4v) is 4.05. The number of ether oxygens (including phenoxy) is 1. The molecule has 0 N–H and O–H groups in total. The molecule has 1 aromatic rings. The Morgan fingerprint density at radius 3 is 2.50 bits per heavy atom. The van der Waals surface area contributed by atoms with Gasteiger partial charge in [0.15, 0.2) is 0 Å². The third kappa shape index (κ3) is 4.32. The van der Waals surface area contributed by atoms with Crippen molar-refractivity contribution in [1.29, 1.82) is 0 Å². The predicted octanol–water partition coefficient (Wildman–Crippen LogP) is 4.27. The van der Waals surface area contributed by atoms with Gasteiger partial charge in [-0.15, -0.1) is 11.3 Å². The molecule has 4 nitrogen and oxygen atoms in total. The van der Waals surface area contributed by atoms with E-state index >= 15 is 0 Å². The molecule has 1 heterocycles. The minimum atomic E-state index is -2.66. The van der Waals surface area contributed by atoms with E-state index in [4.69, 9.17) is 4.74 Å². The van der Waals surface area contributed by atoms with Crippen LogP contribution < -0.4 is 4.90 Å². The lowest BCUT2D eigenvalue weighted by Gasteiger charge is -2.31. The molecule has 134 valence electrons. The largest absolute Gasteiger partial charge is 0.465 e. The van der Waals surface area contributed by atoms with E-state index in [2.05, 4.69) is 6.92 Å². The summed E-state index contributed by atoms with van der Waals surface area (Å²) in [5.74, 6) is -0.616. The summed E-state index contributed by atoms with van der Waals surface area (Å²) in [6.07, 6.45) is 0.589. The molecule has 1 saturated carbocycles. The smallest absolute Gasteiger partial charge is 0.350 e. The van der Waals surface area contributed by atoms with Gasteiger partial charge in [0.1, 0.15) is 4.88 Å². The van der Waals surface area contributed by atoms with Gasteiger partial charge >= 0.3 is 5.97 Å². The number of carbonyl (C=O) groups excluding carboxylic acids is 2. The van der Waals surface area contributed by atoms with E-state index in [9.17, 15) is 18.4 Å². The number of thiophene rings is 1. The summed E-state index contributed by atoms with van der Waals surface area (Å²) in [6, 6.07) is 1.61. The number of alkyl halides is 2. The topological polar surface area (TPSA) is 46.6 Å². The number of hydrogen-bond donors (Lipinski definition) is 0. The lowest BCUT2D eigenvalue weighted by molar-refractivity contribution is -0.124. The SMILES string of the molecule is COC(=O)c1sc(C)cc1N(CC(F)F)C(=O)C1CCC(C)CC1. The van der Waals surface area contributed by atoms with Crippen LogP contribution >= 0.6 is 11.3 Å². The molecule has 7 heteroatoms. The van der Waals surface area contributed by atoms with Crippen molar-refractivity contribution in [2.24, 2.45) is 11.8 Å². The summed E-state index contributed by atoms with van der Waals surface area (Å²) in [6.45, 7) is 3.20. The number of esters is 1. The lowest BCUT2D eigenvalue weighted by atomic mass is 9.82. The number of carbonyl (C=O) groups is 2. The van der Waals surface area contributed by atoms with Gasteiger partial charge in [-0.3, -0.25) is 4.79 Å². The molecule has 0 radical (unpaired) electrons. The van der Waals surface area contributed by atoms with Crippen LogP contribution in [0.3, 0.4) is 0 Å². The van der Waals surface area contributed by atoms with Crippen molar-refractivity contribution in [2.75, 3.05) is 18.6 Å². The monoisotopic (exact) mass is 359 g/mol. The number of amides is 1. The van der Waals surface area contributed by atoms with E-state index in [1.165, 1.54) is 7.11 Å². The molecule has 1 aliphatic carbocycles. The maximum Gasteiger partial charge on any atom is 0.350 e. The summed E-state index contributed by atoms with van der Waals surface area (Å²) in [4.78, 5) is 26.9. The number of aryl methyl sites for hydroxylation is 1. The third-order valence-electron chi connectivity index (χ3n) is 4.45. The normalized spacial score (nSPS) is 20.9. The summed E-state index contributed by atoms with van der Waals surface area (Å²) in [5.41, 5.74) is 0.244. The molecular formula is C17H23F2NO3S. The average molecular weight is 359 g/mol. The zero-order chi connectivity index (χ0) is 17.9. The van der Waals surface area contributed by atoms with E-state index < -0.39 is 18.9 Å². The Hall–Kier alpha value is -1.50. The Labute approximate surface area is 144 Å². The van der Waals surface area contributed by atoms with Gasteiger partial charge in [0.25, 0.3) is 6.43 Å². The first kappa shape index (κ1) is 18.8. The number of methoxy groups -OCH3 is 1. The molecule has 0 atom stereocenters. The van der Waals surface area contributed by atoms with Crippen LogP contribution in [-0.4, -0.2) is 32.0 Å². The summed E-state index contributed by atoms with van der Waals surface area (Å²) >= 11 is 1.15. The van der Waals surface area contributed by atoms with Gasteiger partial charge in [-0.05, 0) is 44.6 Å². The second kappa shape index (κ2) is 8.05. The van der Waals surface area contributed by atoms with Gasteiger partial charge in [-0.25, -0.2) is 13.6 Å². The maximum atomic E-state index is 13.1. The molecule has 1 fully saturated rings. The molecule has 0 aromatic carbocycles. The average Bonchev–Trinajstić information content (AvgIpc) is 2.93. The van der Waals surface area contributed by atoms with Crippen molar-refractivity contribution in [2.45, 2.75) is 46.0 Å². The van der Waals surface area contributed by atoms with Crippen LogP contribution in [0.4, 0.5) is 14.5 Å². The first-order valence-corrected chi connectivity index (χ1v) is 8.93. The Kier molecular flexibility index (Phi) is 6.32. The Morgan fingerprint density at radius 1 is 1.33 bits per heavy atom. The minimum absolute atomic E-state index is 0.202. The number of nitrogens with zero attached hydrogens (tertiary/aromatic N) is 1. The van der Waals surface area contributed by atoms with Crippen molar-refractivity contribution in [3.63, 3.8) is 0 Å². The molecule has 0 aliphatic heterocycles. The molecule has 1 aliphatic rings. The third-order valence-corrected chi connectivity index (χ3v) is 5.47. The minimum Gasteiger partial charge on any atom is -0.465 e. The standard InChI is InChI=1S/C17H23F2NO3S/c1-10-4-6-12(7-5-10)16(21)20(9-14(18)19)13-8-11(2)24-15(13)17(22)23-3/h8,10,12,14H,4-7,9H2,1-3H3. The van der Waals surface area contributed by atoms with Crippen LogP contribution in [0.1, 0.15) is 47.2 Å². The van der Waals surface area contributed by atoms with Gasteiger partial charge in [0.05, 0.1) is 19.3 Å². The van der Waals surface area contributed by atoms with E-state index in [-0.39, 0.29) is 22.4 Å². The molecule has 0 spiro atoms. The summed E-state index contributed by atoms with van der Waals surface area (Å²) in [7, 11) is 1.24. The highest BCUT2D eigenvalue weighted by atomic mass is 32.1. The number of anilines is 1. The van der Waals surface area contributed by atoms with Gasteiger partial charge < -0.3 is 9.64 Å². The quantitative estimate of drug-likeness (QED) is 0.738. The second-order valence-electron chi connectivity index (χ2n) is 6.36. The summed E-state index contributed by atoms with van der Waals surface area (Å²) < 4.78 is 30.9. The van der Waals surface area contributed by atoms with Crippen LogP contribution in [0.5, 0.6) is 0 Å². The first-order valence-electron chi connectivity index (χ1n) is 8.11.